The number of fused-ring (bicyclic) bond motifs is 2. The van der Waals surface area contributed by atoms with Gasteiger partial charge in [0.1, 0.15) is 5.82 Å². The predicted octanol–water partition coefficient (Wildman–Crippen LogP) is 3.78. The van der Waals surface area contributed by atoms with Gasteiger partial charge in [-0.15, -0.1) is 0 Å². The van der Waals surface area contributed by atoms with E-state index in [4.69, 9.17) is 0 Å². The molecule has 2 aliphatic carbocycles. The molecule has 3 heteroatoms. The van der Waals surface area contributed by atoms with E-state index in [1.165, 1.54) is 43.9 Å². The van der Waals surface area contributed by atoms with Gasteiger partial charge in [0, 0.05) is 12.1 Å². The molecule has 3 rings (SSSR count). The van der Waals surface area contributed by atoms with Crippen LogP contribution in [0.4, 0.5) is 4.39 Å². The van der Waals surface area contributed by atoms with Crippen LogP contribution in [-0.2, 0) is 4.79 Å². The van der Waals surface area contributed by atoms with Gasteiger partial charge in [-0.25, -0.2) is 4.39 Å². The highest BCUT2D eigenvalue weighted by Gasteiger charge is 2.41. The van der Waals surface area contributed by atoms with Crippen LogP contribution in [0.2, 0.25) is 0 Å². The first-order valence-corrected chi connectivity index (χ1v) is 7.86. The average Bonchev–Trinajstić information content (AvgIpc) is 3.09. The van der Waals surface area contributed by atoms with Crippen molar-refractivity contribution in [3.05, 3.63) is 41.7 Å². The molecule has 2 nitrogen and oxygen atoms in total. The quantitative estimate of drug-likeness (QED) is 0.839. The summed E-state index contributed by atoms with van der Waals surface area (Å²) in [6.45, 7) is 2.12. The van der Waals surface area contributed by atoms with E-state index in [0.717, 1.165) is 17.4 Å². The van der Waals surface area contributed by atoms with Gasteiger partial charge in [0.25, 0.3) is 0 Å². The predicted molar refractivity (Wildman–Crippen MR) is 82.0 cm³/mol. The molecule has 0 spiro atoms. The highest BCUT2D eigenvalue weighted by atomic mass is 19.1. The van der Waals surface area contributed by atoms with Crippen molar-refractivity contribution >= 4 is 12.0 Å². The summed E-state index contributed by atoms with van der Waals surface area (Å²) < 4.78 is 12.8. The Balaban J connectivity index is 1.53. The van der Waals surface area contributed by atoms with Gasteiger partial charge in [0.15, 0.2) is 0 Å². The molecular weight excluding hydrogens is 265 g/mol. The van der Waals surface area contributed by atoms with Crippen molar-refractivity contribution < 1.29 is 9.18 Å². The standard InChI is InChI=1S/C18H22FNO/c1-12(17-11-14-2-6-15(17)10-14)20-18(21)9-5-13-3-7-16(19)8-4-13/h3-5,7-9,12,14-15,17H,2,6,10-11H2,1H3,(H,20,21)/b9-5+. The number of benzene rings is 1. The summed E-state index contributed by atoms with van der Waals surface area (Å²) >= 11 is 0. The fraction of sp³-hybridized carbons (Fsp3) is 0.500. The lowest BCUT2D eigenvalue weighted by molar-refractivity contribution is -0.117. The van der Waals surface area contributed by atoms with E-state index < -0.39 is 0 Å². The van der Waals surface area contributed by atoms with Crippen molar-refractivity contribution in [2.45, 2.75) is 38.6 Å². The fourth-order valence-electron chi connectivity index (χ4n) is 4.03. The molecule has 1 aromatic carbocycles. The molecule has 1 N–H and O–H groups in total. The molecule has 21 heavy (non-hydrogen) atoms. The van der Waals surface area contributed by atoms with Gasteiger partial charge in [-0.2, -0.15) is 0 Å². The second-order valence-electron chi connectivity index (χ2n) is 6.52. The maximum atomic E-state index is 12.8. The molecule has 2 bridgehead atoms. The molecule has 1 amide bonds. The van der Waals surface area contributed by atoms with Crippen LogP contribution in [0.1, 0.15) is 38.2 Å². The van der Waals surface area contributed by atoms with Gasteiger partial charge in [-0.1, -0.05) is 18.6 Å². The van der Waals surface area contributed by atoms with Crippen LogP contribution in [0, 0.1) is 23.6 Å². The summed E-state index contributed by atoms with van der Waals surface area (Å²) in [4.78, 5) is 12.0. The Morgan fingerprint density at radius 2 is 2.05 bits per heavy atom. The van der Waals surface area contributed by atoms with Gasteiger partial charge in [-0.3, -0.25) is 4.79 Å². The first-order chi connectivity index (χ1) is 10.1. The Kier molecular flexibility index (Phi) is 4.09. The van der Waals surface area contributed by atoms with Crippen LogP contribution < -0.4 is 5.32 Å². The third-order valence-electron chi connectivity index (χ3n) is 5.10. The number of rotatable bonds is 4. The Morgan fingerprint density at radius 1 is 1.29 bits per heavy atom. The lowest BCUT2D eigenvalue weighted by Gasteiger charge is -2.28. The third-order valence-corrected chi connectivity index (χ3v) is 5.10. The molecule has 2 fully saturated rings. The zero-order chi connectivity index (χ0) is 14.8. The van der Waals surface area contributed by atoms with E-state index in [9.17, 15) is 9.18 Å². The van der Waals surface area contributed by atoms with E-state index in [2.05, 4.69) is 12.2 Å². The number of carbonyl (C=O) groups excluding carboxylic acids is 1. The van der Waals surface area contributed by atoms with Crippen molar-refractivity contribution in [3.8, 4) is 0 Å². The second-order valence-corrected chi connectivity index (χ2v) is 6.52. The van der Waals surface area contributed by atoms with Crippen LogP contribution in [0.3, 0.4) is 0 Å². The minimum Gasteiger partial charge on any atom is -0.350 e. The van der Waals surface area contributed by atoms with E-state index in [0.29, 0.717) is 5.92 Å². The van der Waals surface area contributed by atoms with Crippen LogP contribution >= 0.6 is 0 Å². The number of hydrogen-bond donors (Lipinski definition) is 1. The van der Waals surface area contributed by atoms with Crippen LogP contribution in [0.25, 0.3) is 6.08 Å². The number of nitrogens with one attached hydrogen (secondary N) is 1. The van der Waals surface area contributed by atoms with Gasteiger partial charge in [0.05, 0.1) is 0 Å². The van der Waals surface area contributed by atoms with Crippen LogP contribution in [0.5, 0.6) is 0 Å². The van der Waals surface area contributed by atoms with Crippen LogP contribution in [0.15, 0.2) is 30.3 Å². The summed E-state index contributed by atoms with van der Waals surface area (Å²) in [5, 5.41) is 3.09. The van der Waals surface area contributed by atoms with Gasteiger partial charge in [-0.05, 0) is 67.7 Å². The normalized spacial score (nSPS) is 29.0. The van der Waals surface area contributed by atoms with Crippen molar-refractivity contribution in [2.75, 3.05) is 0 Å². The van der Waals surface area contributed by atoms with Gasteiger partial charge >= 0.3 is 0 Å². The molecular formula is C18H22FNO. The highest BCUT2D eigenvalue weighted by Crippen LogP contribution is 2.49. The number of hydrogen-bond acceptors (Lipinski definition) is 1. The van der Waals surface area contributed by atoms with E-state index in [-0.39, 0.29) is 17.8 Å². The first kappa shape index (κ1) is 14.3. The Bertz CT molecular complexity index is 537. The molecule has 2 aliphatic rings. The number of halogens is 1. The van der Waals surface area contributed by atoms with E-state index >= 15 is 0 Å². The Morgan fingerprint density at radius 3 is 2.67 bits per heavy atom. The van der Waals surface area contributed by atoms with E-state index in [1.807, 2.05) is 0 Å². The molecule has 4 atom stereocenters. The highest BCUT2D eigenvalue weighted by molar-refractivity contribution is 5.91. The molecule has 0 saturated heterocycles. The SMILES string of the molecule is CC(NC(=O)/C=C/c1ccc(F)cc1)C1CC2CCC1C2. The average molecular weight is 287 g/mol. The maximum absolute atomic E-state index is 12.8. The fourth-order valence-corrected chi connectivity index (χ4v) is 4.03. The molecule has 0 aromatic heterocycles. The minimum atomic E-state index is -0.262. The largest absolute Gasteiger partial charge is 0.350 e. The molecule has 4 unspecified atom stereocenters. The lowest BCUT2D eigenvalue weighted by Crippen LogP contribution is -2.39. The number of carbonyl (C=O) groups is 1. The minimum absolute atomic E-state index is 0.0606. The van der Waals surface area contributed by atoms with Gasteiger partial charge < -0.3 is 5.32 Å². The second kappa shape index (κ2) is 6.00. The zero-order valence-electron chi connectivity index (χ0n) is 12.4. The summed E-state index contributed by atoms with van der Waals surface area (Å²) in [5.41, 5.74) is 0.833. The van der Waals surface area contributed by atoms with Gasteiger partial charge in [0.2, 0.25) is 5.91 Å². The lowest BCUT2D eigenvalue weighted by atomic mass is 9.84. The summed E-state index contributed by atoms with van der Waals surface area (Å²) in [6.07, 6.45) is 8.61. The van der Waals surface area contributed by atoms with Crippen molar-refractivity contribution in [1.82, 2.24) is 5.32 Å². The summed E-state index contributed by atoms with van der Waals surface area (Å²) in [6, 6.07) is 6.37. The van der Waals surface area contributed by atoms with Crippen molar-refractivity contribution in [2.24, 2.45) is 17.8 Å². The zero-order valence-corrected chi connectivity index (χ0v) is 12.4. The summed E-state index contributed by atoms with van der Waals surface area (Å²) in [7, 11) is 0. The first-order valence-electron chi connectivity index (χ1n) is 7.86. The van der Waals surface area contributed by atoms with E-state index in [1.54, 1.807) is 18.2 Å². The topological polar surface area (TPSA) is 29.1 Å². The number of amides is 1. The van der Waals surface area contributed by atoms with Crippen LogP contribution in [-0.4, -0.2) is 11.9 Å². The molecule has 0 radical (unpaired) electrons. The maximum Gasteiger partial charge on any atom is 0.244 e. The smallest absolute Gasteiger partial charge is 0.244 e. The monoisotopic (exact) mass is 287 g/mol. The Hall–Kier alpha value is -1.64. The van der Waals surface area contributed by atoms with Crippen molar-refractivity contribution in [3.63, 3.8) is 0 Å². The van der Waals surface area contributed by atoms with Crippen molar-refractivity contribution in [1.29, 1.82) is 0 Å². The molecule has 2 saturated carbocycles. The molecule has 0 heterocycles. The third kappa shape index (κ3) is 3.34. The molecule has 0 aliphatic heterocycles. The molecule has 1 aromatic rings. The Labute approximate surface area is 125 Å². The molecule has 112 valence electrons. The summed E-state index contributed by atoms with van der Waals surface area (Å²) in [5.74, 6) is 2.03.